The van der Waals surface area contributed by atoms with E-state index < -0.39 is 0 Å². The first-order chi connectivity index (χ1) is 5.22. The van der Waals surface area contributed by atoms with Crippen molar-refractivity contribution >= 4 is 27.5 Å². The van der Waals surface area contributed by atoms with Crippen molar-refractivity contribution in [2.75, 3.05) is 6.61 Å². The average Bonchev–Trinajstić information content (AvgIpc) is 1.85. The topological polar surface area (TPSA) is 22.1 Å². The van der Waals surface area contributed by atoms with Crippen molar-refractivity contribution in [2.45, 2.75) is 6.92 Å². The fourth-order valence-electron chi connectivity index (χ4n) is 0.665. The van der Waals surface area contributed by atoms with E-state index in [1.165, 1.54) is 0 Å². The summed E-state index contributed by atoms with van der Waals surface area (Å²) in [5.74, 6) is 0.548. The van der Waals surface area contributed by atoms with Gasteiger partial charge in [0.2, 0.25) is 5.88 Å². The number of rotatable bonds is 2. The fraction of sp³-hybridized carbons (Fsp3) is 0.286. The molecule has 1 aromatic heterocycles. The summed E-state index contributed by atoms with van der Waals surface area (Å²) in [4.78, 5) is 3.94. The van der Waals surface area contributed by atoms with Crippen LogP contribution in [0, 0.1) is 0 Å². The van der Waals surface area contributed by atoms with Crippen LogP contribution in [-0.2, 0) is 0 Å². The second-order valence-corrected chi connectivity index (χ2v) is 3.18. The lowest BCUT2D eigenvalue weighted by atomic mass is 10.5. The number of ether oxygens (including phenoxy) is 1. The Morgan fingerprint density at radius 1 is 1.64 bits per heavy atom. The van der Waals surface area contributed by atoms with Gasteiger partial charge in [-0.3, -0.25) is 0 Å². The molecule has 0 spiro atoms. The minimum atomic E-state index is 0.433. The third-order valence-electron chi connectivity index (χ3n) is 1.03. The molecule has 0 amide bonds. The molecule has 0 radical (unpaired) electrons. The molecule has 0 unspecified atom stereocenters. The summed E-state index contributed by atoms with van der Waals surface area (Å²) >= 11 is 8.94. The standard InChI is InChI=1S/C7H7BrClNO/c1-2-11-7-4-5(8)3-6(9)10-7/h3-4H,2H2,1H3. The molecule has 0 fully saturated rings. The predicted molar refractivity (Wildman–Crippen MR) is 48.1 cm³/mol. The van der Waals surface area contributed by atoms with Gasteiger partial charge in [0.25, 0.3) is 0 Å². The summed E-state index contributed by atoms with van der Waals surface area (Å²) in [5.41, 5.74) is 0. The summed E-state index contributed by atoms with van der Waals surface area (Å²) in [6.45, 7) is 2.50. The molecule has 0 bridgehead atoms. The Morgan fingerprint density at radius 3 is 2.91 bits per heavy atom. The van der Waals surface area contributed by atoms with Crippen LogP contribution in [0.2, 0.25) is 5.15 Å². The van der Waals surface area contributed by atoms with Crippen LogP contribution in [-0.4, -0.2) is 11.6 Å². The highest BCUT2D eigenvalue weighted by atomic mass is 79.9. The Morgan fingerprint density at radius 2 is 2.36 bits per heavy atom. The average molecular weight is 236 g/mol. The van der Waals surface area contributed by atoms with Crippen molar-refractivity contribution in [1.82, 2.24) is 4.98 Å². The van der Waals surface area contributed by atoms with Crippen LogP contribution in [0.25, 0.3) is 0 Å². The lowest BCUT2D eigenvalue weighted by Gasteiger charge is -2.01. The fourth-order valence-corrected chi connectivity index (χ4v) is 1.41. The van der Waals surface area contributed by atoms with E-state index in [9.17, 15) is 0 Å². The first-order valence-corrected chi connectivity index (χ1v) is 4.35. The Balaban J connectivity index is 2.89. The molecular formula is C7H7BrClNO. The van der Waals surface area contributed by atoms with E-state index >= 15 is 0 Å². The van der Waals surface area contributed by atoms with Crippen molar-refractivity contribution in [3.63, 3.8) is 0 Å². The van der Waals surface area contributed by atoms with Gasteiger partial charge in [-0.15, -0.1) is 0 Å². The molecule has 4 heteroatoms. The number of nitrogens with zero attached hydrogens (tertiary/aromatic N) is 1. The molecular weight excluding hydrogens is 229 g/mol. The van der Waals surface area contributed by atoms with Crippen LogP contribution in [0.5, 0.6) is 5.88 Å². The zero-order valence-corrected chi connectivity index (χ0v) is 8.32. The highest BCUT2D eigenvalue weighted by molar-refractivity contribution is 9.10. The smallest absolute Gasteiger partial charge is 0.215 e. The normalized spacial score (nSPS) is 9.73. The SMILES string of the molecule is CCOc1cc(Br)cc(Cl)n1. The van der Waals surface area contributed by atoms with E-state index in [1.807, 2.05) is 6.92 Å². The molecule has 0 aromatic carbocycles. The lowest BCUT2D eigenvalue weighted by molar-refractivity contribution is 0.326. The van der Waals surface area contributed by atoms with E-state index in [0.717, 1.165) is 4.47 Å². The van der Waals surface area contributed by atoms with Gasteiger partial charge in [-0.1, -0.05) is 27.5 Å². The van der Waals surface area contributed by atoms with E-state index in [2.05, 4.69) is 20.9 Å². The number of aromatic nitrogens is 1. The largest absolute Gasteiger partial charge is 0.478 e. The predicted octanol–water partition coefficient (Wildman–Crippen LogP) is 2.90. The van der Waals surface area contributed by atoms with Crippen molar-refractivity contribution in [1.29, 1.82) is 0 Å². The van der Waals surface area contributed by atoms with Gasteiger partial charge in [-0.2, -0.15) is 0 Å². The summed E-state index contributed by atoms with van der Waals surface area (Å²) in [6, 6.07) is 3.49. The van der Waals surface area contributed by atoms with Crippen LogP contribution in [0.4, 0.5) is 0 Å². The highest BCUT2D eigenvalue weighted by Crippen LogP contribution is 2.20. The Labute approximate surface area is 78.7 Å². The molecule has 1 aromatic rings. The van der Waals surface area contributed by atoms with Crippen molar-refractivity contribution in [3.05, 3.63) is 21.8 Å². The molecule has 60 valence electrons. The van der Waals surface area contributed by atoms with Crippen LogP contribution in [0.1, 0.15) is 6.92 Å². The van der Waals surface area contributed by atoms with Crippen LogP contribution in [0.3, 0.4) is 0 Å². The van der Waals surface area contributed by atoms with Crippen LogP contribution in [0.15, 0.2) is 16.6 Å². The van der Waals surface area contributed by atoms with Crippen LogP contribution >= 0.6 is 27.5 Å². The van der Waals surface area contributed by atoms with E-state index in [1.54, 1.807) is 12.1 Å². The zero-order chi connectivity index (χ0) is 8.27. The molecule has 0 atom stereocenters. The third kappa shape index (κ3) is 2.67. The molecule has 2 nitrogen and oxygen atoms in total. The molecule has 0 aliphatic carbocycles. The monoisotopic (exact) mass is 235 g/mol. The molecule has 0 N–H and O–H groups in total. The van der Waals surface area contributed by atoms with Gasteiger partial charge in [0, 0.05) is 10.5 Å². The first kappa shape index (κ1) is 8.81. The second-order valence-electron chi connectivity index (χ2n) is 1.88. The molecule has 0 aliphatic rings. The quantitative estimate of drug-likeness (QED) is 0.737. The highest BCUT2D eigenvalue weighted by Gasteiger charge is 1.98. The maximum Gasteiger partial charge on any atom is 0.215 e. The molecule has 11 heavy (non-hydrogen) atoms. The molecule has 0 saturated heterocycles. The Bertz CT molecular complexity index is 234. The van der Waals surface area contributed by atoms with Crippen molar-refractivity contribution in [2.24, 2.45) is 0 Å². The van der Waals surface area contributed by atoms with Crippen molar-refractivity contribution in [3.8, 4) is 5.88 Å². The van der Waals surface area contributed by atoms with E-state index in [0.29, 0.717) is 17.6 Å². The van der Waals surface area contributed by atoms with Crippen molar-refractivity contribution < 1.29 is 4.74 Å². The summed E-state index contributed by atoms with van der Waals surface area (Å²) in [5, 5.41) is 0.433. The number of halogens is 2. The lowest BCUT2D eigenvalue weighted by Crippen LogP contribution is -1.93. The Hall–Kier alpha value is -0.280. The minimum absolute atomic E-state index is 0.433. The minimum Gasteiger partial charge on any atom is -0.478 e. The summed E-state index contributed by atoms with van der Waals surface area (Å²) < 4.78 is 6.02. The summed E-state index contributed by atoms with van der Waals surface area (Å²) in [6.07, 6.45) is 0. The first-order valence-electron chi connectivity index (χ1n) is 3.18. The number of hydrogen-bond acceptors (Lipinski definition) is 2. The second kappa shape index (κ2) is 3.93. The maximum atomic E-state index is 5.66. The molecule has 0 saturated carbocycles. The van der Waals surface area contributed by atoms with Gasteiger partial charge in [0.15, 0.2) is 0 Å². The Kier molecular flexibility index (Phi) is 3.15. The van der Waals surface area contributed by atoms with Gasteiger partial charge < -0.3 is 4.74 Å². The van der Waals surface area contributed by atoms with Gasteiger partial charge in [0.1, 0.15) is 5.15 Å². The summed E-state index contributed by atoms with van der Waals surface area (Å²) in [7, 11) is 0. The van der Waals surface area contributed by atoms with Gasteiger partial charge >= 0.3 is 0 Å². The maximum absolute atomic E-state index is 5.66. The molecule has 1 heterocycles. The van der Waals surface area contributed by atoms with Crippen LogP contribution < -0.4 is 4.74 Å². The number of hydrogen-bond donors (Lipinski definition) is 0. The number of pyridine rings is 1. The van der Waals surface area contributed by atoms with Gasteiger partial charge in [-0.05, 0) is 13.0 Å². The zero-order valence-electron chi connectivity index (χ0n) is 5.97. The van der Waals surface area contributed by atoms with Gasteiger partial charge in [0.05, 0.1) is 6.61 Å². The molecule has 0 aliphatic heterocycles. The van der Waals surface area contributed by atoms with E-state index in [-0.39, 0.29) is 0 Å². The third-order valence-corrected chi connectivity index (χ3v) is 1.68. The van der Waals surface area contributed by atoms with E-state index in [4.69, 9.17) is 16.3 Å². The molecule has 1 rings (SSSR count). The van der Waals surface area contributed by atoms with Gasteiger partial charge in [-0.25, -0.2) is 4.98 Å².